The van der Waals surface area contributed by atoms with E-state index in [1.54, 1.807) is 18.1 Å². The summed E-state index contributed by atoms with van der Waals surface area (Å²) in [5.41, 5.74) is 0.251. The van der Waals surface area contributed by atoms with Gasteiger partial charge >= 0.3 is 0 Å². The number of halogens is 1. The molecule has 1 N–H and O–H groups in total. The highest BCUT2D eigenvalue weighted by Gasteiger charge is 2.35. The van der Waals surface area contributed by atoms with Crippen LogP contribution in [0.5, 0.6) is 5.75 Å². The first-order valence-electron chi connectivity index (χ1n) is 6.83. The molecule has 0 spiro atoms. The number of hydrogen-bond acceptors (Lipinski definition) is 3. The number of nitrogens with zero attached hydrogens (tertiary/aromatic N) is 1. The zero-order valence-electron chi connectivity index (χ0n) is 11.8. The van der Waals surface area contributed by atoms with Gasteiger partial charge in [-0.15, -0.1) is 0 Å². The van der Waals surface area contributed by atoms with Crippen molar-refractivity contribution in [3.8, 4) is 5.75 Å². The number of phenols is 1. The summed E-state index contributed by atoms with van der Waals surface area (Å²) in [6.07, 6.45) is 2.30. The second-order valence-electron chi connectivity index (χ2n) is 5.23. The van der Waals surface area contributed by atoms with Gasteiger partial charge in [-0.1, -0.05) is 11.6 Å². The molecule has 0 aliphatic heterocycles. The van der Waals surface area contributed by atoms with Crippen molar-refractivity contribution in [2.45, 2.75) is 25.8 Å². The summed E-state index contributed by atoms with van der Waals surface area (Å²) in [4.78, 5) is 14.4. The molecule has 5 heteroatoms. The van der Waals surface area contributed by atoms with E-state index in [0.29, 0.717) is 24.1 Å². The van der Waals surface area contributed by atoms with Gasteiger partial charge in [-0.3, -0.25) is 4.79 Å². The van der Waals surface area contributed by atoms with Crippen LogP contribution in [0.4, 0.5) is 0 Å². The molecule has 1 aliphatic carbocycles. The van der Waals surface area contributed by atoms with Crippen LogP contribution in [0.1, 0.15) is 30.1 Å². The van der Waals surface area contributed by atoms with Crippen molar-refractivity contribution >= 4 is 17.5 Å². The summed E-state index contributed by atoms with van der Waals surface area (Å²) >= 11 is 5.92. The van der Waals surface area contributed by atoms with Gasteiger partial charge in [0.2, 0.25) is 0 Å². The minimum atomic E-state index is -0.193. The van der Waals surface area contributed by atoms with Crippen LogP contribution in [-0.4, -0.2) is 42.2 Å². The third-order valence-electron chi connectivity index (χ3n) is 3.78. The normalized spacial score (nSPS) is 15.9. The Morgan fingerprint density at radius 3 is 2.85 bits per heavy atom. The molecule has 0 saturated heterocycles. The number of methoxy groups -OCH3 is 1. The summed E-state index contributed by atoms with van der Waals surface area (Å²) in [6.45, 7) is 3.04. The van der Waals surface area contributed by atoms with Gasteiger partial charge in [-0.2, -0.15) is 0 Å². The largest absolute Gasteiger partial charge is 0.507 e. The molecule has 2 rings (SSSR count). The fourth-order valence-electron chi connectivity index (χ4n) is 2.35. The number of hydrogen-bond donors (Lipinski definition) is 1. The number of amides is 1. The number of phenolic OH excluding ortho intramolecular Hbond substituents is 1. The average molecular weight is 298 g/mol. The molecule has 0 bridgehead atoms. The lowest BCUT2D eigenvalue weighted by Gasteiger charge is -2.29. The van der Waals surface area contributed by atoms with Gasteiger partial charge in [0, 0.05) is 24.7 Å². The van der Waals surface area contributed by atoms with Crippen LogP contribution in [0.2, 0.25) is 5.02 Å². The van der Waals surface area contributed by atoms with Crippen molar-refractivity contribution in [1.29, 1.82) is 0 Å². The zero-order chi connectivity index (χ0) is 14.7. The SMILES string of the molecule is COCCN(C(=O)c1cc(Cl)ccc1O)C(C)C1CC1. The van der Waals surface area contributed by atoms with Crippen LogP contribution >= 0.6 is 11.6 Å². The van der Waals surface area contributed by atoms with Gasteiger partial charge in [-0.25, -0.2) is 0 Å². The number of rotatable bonds is 6. The van der Waals surface area contributed by atoms with Gasteiger partial charge in [0.05, 0.1) is 12.2 Å². The molecule has 1 aliphatic rings. The predicted molar refractivity (Wildman–Crippen MR) is 78.2 cm³/mol. The molecule has 1 amide bonds. The van der Waals surface area contributed by atoms with Crippen molar-refractivity contribution in [2.75, 3.05) is 20.3 Å². The summed E-state index contributed by atoms with van der Waals surface area (Å²) in [6, 6.07) is 4.68. The van der Waals surface area contributed by atoms with Gasteiger partial charge in [0.1, 0.15) is 5.75 Å². The maximum atomic E-state index is 12.6. The lowest BCUT2D eigenvalue weighted by Crippen LogP contribution is -2.42. The van der Waals surface area contributed by atoms with Gasteiger partial charge in [-0.05, 0) is 43.9 Å². The van der Waals surface area contributed by atoms with Crippen molar-refractivity contribution in [1.82, 2.24) is 4.90 Å². The Bertz CT molecular complexity index is 488. The van der Waals surface area contributed by atoms with Crippen molar-refractivity contribution < 1.29 is 14.6 Å². The Labute approximate surface area is 124 Å². The third-order valence-corrected chi connectivity index (χ3v) is 4.02. The molecule has 1 aromatic rings. The van der Waals surface area contributed by atoms with E-state index >= 15 is 0 Å². The Kier molecular flexibility index (Phi) is 4.89. The number of aromatic hydroxyl groups is 1. The molecule has 110 valence electrons. The van der Waals surface area contributed by atoms with E-state index in [1.807, 2.05) is 6.92 Å². The highest BCUT2D eigenvalue weighted by Crippen LogP contribution is 2.36. The molecule has 1 fully saturated rings. The van der Waals surface area contributed by atoms with E-state index < -0.39 is 0 Å². The lowest BCUT2D eigenvalue weighted by atomic mass is 10.1. The molecule has 1 saturated carbocycles. The van der Waals surface area contributed by atoms with E-state index in [9.17, 15) is 9.90 Å². The molecule has 1 unspecified atom stereocenters. The number of ether oxygens (including phenoxy) is 1. The maximum absolute atomic E-state index is 12.6. The Hall–Kier alpha value is -1.26. The molecule has 0 radical (unpaired) electrons. The summed E-state index contributed by atoms with van der Waals surface area (Å²) in [7, 11) is 1.61. The maximum Gasteiger partial charge on any atom is 0.257 e. The molecule has 1 aromatic carbocycles. The average Bonchev–Trinajstić information content (AvgIpc) is 3.26. The number of benzene rings is 1. The number of carbonyl (C=O) groups excluding carboxylic acids is 1. The van der Waals surface area contributed by atoms with Crippen LogP contribution < -0.4 is 0 Å². The second kappa shape index (κ2) is 6.46. The standard InChI is InChI=1S/C15H20ClNO3/c1-10(11-3-4-11)17(7-8-20-2)15(19)13-9-12(16)5-6-14(13)18/h5-6,9-11,18H,3-4,7-8H2,1-2H3. The fourth-order valence-corrected chi connectivity index (χ4v) is 2.52. The van der Waals surface area contributed by atoms with E-state index in [4.69, 9.17) is 16.3 Å². The van der Waals surface area contributed by atoms with E-state index in [-0.39, 0.29) is 23.3 Å². The Balaban J connectivity index is 2.22. The Morgan fingerprint density at radius 1 is 1.55 bits per heavy atom. The van der Waals surface area contributed by atoms with Crippen molar-refractivity contribution in [3.63, 3.8) is 0 Å². The predicted octanol–water partition coefficient (Wildman–Crippen LogP) is 2.93. The first-order valence-corrected chi connectivity index (χ1v) is 7.20. The van der Waals surface area contributed by atoms with E-state index in [2.05, 4.69) is 0 Å². The van der Waals surface area contributed by atoms with Gasteiger partial charge in [0.25, 0.3) is 5.91 Å². The first-order chi connectivity index (χ1) is 9.54. The summed E-state index contributed by atoms with van der Waals surface area (Å²) < 4.78 is 5.08. The van der Waals surface area contributed by atoms with Gasteiger partial charge in [0.15, 0.2) is 0 Å². The summed E-state index contributed by atoms with van der Waals surface area (Å²) in [5.74, 6) is 0.323. The molecule has 0 aromatic heterocycles. The monoisotopic (exact) mass is 297 g/mol. The highest BCUT2D eigenvalue weighted by atomic mass is 35.5. The number of carbonyl (C=O) groups is 1. The van der Waals surface area contributed by atoms with E-state index in [0.717, 1.165) is 12.8 Å². The molecule has 20 heavy (non-hydrogen) atoms. The molecular weight excluding hydrogens is 278 g/mol. The highest BCUT2D eigenvalue weighted by molar-refractivity contribution is 6.31. The van der Waals surface area contributed by atoms with Gasteiger partial charge < -0.3 is 14.7 Å². The summed E-state index contributed by atoms with van der Waals surface area (Å²) in [5, 5.41) is 10.3. The smallest absolute Gasteiger partial charge is 0.257 e. The minimum Gasteiger partial charge on any atom is -0.507 e. The quantitative estimate of drug-likeness (QED) is 0.878. The fraction of sp³-hybridized carbons (Fsp3) is 0.533. The molecule has 1 atom stereocenters. The van der Waals surface area contributed by atoms with Crippen molar-refractivity contribution in [3.05, 3.63) is 28.8 Å². The second-order valence-corrected chi connectivity index (χ2v) is 5.67. The first kappa shape index (κ1) is 15.1. The lowest BCUT2D eigenvalue weighted by molar-refractivity contribution is 0.0592. The van der Waals surface area contributed by atoms with Crippen LogP contribution in [0.3, 0.4) is 0 Å². The topological polar surface area (TPSA) is 49.8 Å². The zero-order valence-corrected chi connectivity index (χ0v) is 12.6. The van der Waals surface area contributed by atoms with E-state index in [1.165, 1.54) is 12.1 Å². The van der Waals surface area contributed by atoms with Crippen molar-refractivity contribution in [2.24, 2.45) is 5.92 Å². The third kappa shape index (κ3) is 3.44. The minimum absolute atomic E-state index is 0.0372. The van der Waals surface area contributed by atoms with Crippen LogP contribution in [0, 0.1) is 5.92 Å². The van der Waals surface area contributed by atoms with Crippen LogP contribution in [0.15, 0.2) is 18.2 Å². The van der Waals surface area contributed by atoms with Crippen LogP contribution in [0.25, 0.3) is 0 Å². The Morgan fingerprint density at radius 2 is 2.25 bits per heavy atom. The molecular formula is C15H20ClNO3. The molecule has 4 nitrogen and oxygen atoms in total. The van der Waals surface area contributed by atoms with Crippen LogP contribution in [-0.2, 0) is 4.74 Å². The molecule has 0 heterocycles.